The van der Waals surface area contributed by atoms with Crippen LogP contribution in [0.25, 0.3) is 0 Å². The Morgan fingerprint density at radius 2 is 1.69 bits per heavy atom. The minimum absolute atomic E-state index is 0.0836. The van der Waals surface area contributed by atoms with E-state index in [4.69, 9.17) is 9.47 Å². The second-order valence-corrected chi connectivity index (χ2v) is 5.43. The van der Waals surface area contributed by atoms with Gasteiger partial charge < -0.3 is 9.47 Å². The van der Waals surface area contributed by atoms with Crippen molar-refractivity contribution in [3.8, 4) is 0 Å². The monoisotopic (exact) mass is 228 g/mol. The predicted molar refractivity (Wildman–Crippen MR) is 63.4 cm³/mol. The van der Waals surface area contributed by atoms with E-state index in [-0.39, 0.29) is 11.7 Å². The number of rotatable bonds is 3. The zero-order valence-electron chi connectivity index (χ0n) is 10.9. The highest BCUT2D eigenvalue weighted by atomic mass is 16.7. The van der Waals surface area contributed by atoms with E-state index in [1.165, 1.54) is 6.42 Å². The first-order valence-electron chi connectivity index (χ1n) is 6.32. The molecule has 0 aliphatic heterocycles. The van der Waals surface area contributed by atoms with Crippen LogP contribution in [0.1, 0.15) is 59.8 Å². The largest absolute Gasteiger partial charge is 0.509 e. The average Bonchev–Trinajstić information content (AvgIpc) is 2.17. The van der Waals surface area contributed by atoms with Crippen LogP contribution in [0.2, 0.25) is 0 Å². The Morgan fingerprint density at radius 1 is 1.12 bits per heavy atom. The molecule has 1 rings (SSSR count). The summed E-state index contributed by atoms with van der Waals surface area (Å²) < 4.78 is 10.7. The first-order chi connectivity index (χ1) is 7.43. The molecule has 16 heavy (non-hydrogen) atoms. The van der Waals surface area contributed by atoms with E-state index in [2.05, 4.69) is 0 Å². The fraction of sp³-hybridized carbons (Fsp3) is 0.923. The molecule has 0 N–H and O–H groups in total. The Labute approximate surface area is 98.5 Å². The van der Waals surface area contributed by atoms with Crippen LogP contribution in [0.3, 0.4) is 0 Å². The Kier molecular flexibility index (Phi) is 4.63. The first kappa shape index (κ1) is 13.3. The van der Waals surface area contributed by atoms with E-state index in [1.54, 1.807) is 0 Å². The molecule has 1 fully saturated rings. The van der Waals surface area contributed by atoms with Gasteiger partial charge in [-0.15, -0.1) is 0 Å². The Morgan fingerprint density at radius 3 is 2.19 bits per heavy atom. The summed E-state index contributed by atoms with van der Waals surface area (Å²) in [4.78, 5) is 11.6. The maximum absolute atomic E-state index is 11.6. The zero-order chi connectivity index (χ0) is 12.2. The standard InChI is InChI=1S/C13H24O3/c1-10(2)11(3)15-12(14)16-13(4)8-6-5-7-9-13/h10-11H,5-9H2,1-4H3. The third-order valence-corrected chi connectivity index (χ3v) is 3.46. The predicted octanol–water partition coefficient (Wildman–Crippen LogP) is 3.91. The van der Waals surface area contributed by atoms with Crippen LogP contribution >= 0.6 is 0 Å². The molecule has 1 unspecified atom stereocenters. The molecule has 1 saturated carbocycles. The van der Waals surface area contributed by atoms with Gasteiger partial charge in [0, 0.05) is 0 Å². The van der Waals surface area contributed by atoms with Crippen LogP contribution in [0.4, 0.5) is 4.79 Å². The van der Waals surface area contributed by atoms with Crippen LogP contribution in [0.5, 0.6) is 0 Å². The third-order valence-electron chi connectivity index (χ3n) is 3.46. The number of hydrogen-bond acceptors (Lipinski definition) is 3. The lowest BCUT2D eigenvalue weighted by atomic mass is 9.86. The normalized spacial score (nSPS) is 21.6. The van der Waals surface area contributed by atoms with E-state index in [0.717, 1.165) is 25.7 Å². The molecule has 0 heterocycles. The van der Waals surface area contributed by atoms with Crippen molar-refractivity contribution in [2.24, 2.45) is 5.92 Å². The molecule has 3 heteroatoms. The molecular formula is C13H24O3. The van der Waals surface area contributed by atoms with Gasteiger partial charge in [-0.05, 0) is 45.4 Å². The van der Waals surface area contributed by atoms with Gasteiger partial charge in [0.05, 0.1) is 0 Å². The van der Waals surface area contributed by atoms with E-state index >= 15 is 0 Å². The van der Waals surface area contributed by atoms with Crippen LogP contribution < -0.4 is 0 Å². The lowest BCUT2D eigenvalue weighted by Gasteiger charge is -2.33. The quantitative estimate of drug-likeness (QED) is 0.687. The SMILES string of the molecule is CC(C)C(C)OC(=O)OC1(C)CCCCC1. The molecule has 1 aliphatic rings. The van der Waals surface area contributed by atoms with Crippen molar-refractivity contribution in [3.05, 3.63) is 0 Å². The fourth-order valence-electron chi connectivity index (χ4n) is 1.91. The Bertz CT molecular complexity index is 229. The smallest absolute Gasteiger partial charge is 0.431 e. The highest BCUT2D eigenvalue weighted by Crippen LogP contribution is 2.31. The summed E-state index contributed by atoms with van der Waals surface area (Å²) >= 11 is 0. The van der Waals surface area contributed by atoms with Gasteiger partial charge in [0.1, 0.15) is 11.7 Å². The topological polar surface area (TPSA) is 35.5 Å². The molecule has 0 radical (unpaired) electrons. The second-order valence-electron chi connectivity index (χ2n) is 5.43. The van der Waals surface area contributed by atoms with E-state index in [9.17, 15) is 4.79 Å². The van der Waals surface area contributed by atoms with Crippen molar-refractivity contribution >= 4 is 6.16 Å². The number of carbonyl (C=O) groups is 1. The van der Waals surface area contributed by atoms with Gasteiger partial charge in [-0.1, -0.05) is 20.3 Å². The Balaban J connectivity index is 2.38. The van der Waals surface area contributed by atoms with E-state index in [0.29, 0.717) is 5.92 Å². The summed E-state index contributed by atoms with van der Waals surface area (Å²) in [6.07, 6.45) is 4.85. The number of hydrogen-bond donors (Lipinski definition) is 0. The first-order valence-corrected chi connectivity index (χ1v) is 6.32. The van der Waals surface area contributed by atoms with Crippen molar-refractivity contribution in [1.29, 1.82) is 0 Å². The molecule has 0 aromatic rings. The van der Waals surface area contributed by atoms with E-state index < -0.39 is 6.16 Å². The van der Waals surface area contributed by atoms with Crippen molar-refractivity contribution in [2.75, 3.05) is 0 Å². The molecule has 0 aromatic heterocycles. The lowest BCUT2D eigenvalue weighted by Crippen LogP contribution is -2.35. The van der Waals surface area contributed by atoms with Crippen molar-refractivity contribution < 1.29 is 14.3 Å². The fourth-order valence-corrected chi connectivity index (χ4v) is 1.91. The summed E-state index contributed by atoms with van der Waals surface area (Å²) in [6.45, 7) is 7.96. The van der Waals surface area contributed by atoms with Gasteiger partial charge >= 0.3 is 6.16 Å². The molecular weight excluding hydrogens is 204 g/mol. The van der Waals surface area contributed by atoms with Gasteiger partial charge in [-0.25, -0.2) is 4.79 Å². The molecule has 0 aromatic carbocycles. The van der Waals surface area contributed by atoms with Gasteiger partial charge in [0.2, 0.25) is 0 Å². The van der Waals surface area contributed by atoms with Gasteiger partial charge in [-0.3, -0.25) is 0 Å². The summed E-state index contributed by atoms with van der Waals surface area (Å²) in [5, 5.41) is 0. The molecule has 0 saturated heterocycles. The third kappa shape index (κ3) is 4.03. The molecule has 1 aliphatic carbocycles. The zero-order valence-corrected chi connectivity index (χ0v) is 10.9. The molecule has 0 spiro atoms. The summed E-state index contributed by atoms with van der Waals surface area (Å²) in [6, 6.07) is 0. The lowest BCUT2D eigenvalue weighted by molar-refractivity contribution is -0.0607. The minimum Gasteiger partial charge on any atom is -0.431 e. The van der Waals surface area contributed by atoms with Gasteiger partial charge in [0.25, 0.3) is 0 Å². The molecule has 0 bridgehead atoms. The van der Waals surface area contributed by atoms with Crippen LogP contribution in [0, 0.1) is 5.92 Å². The minimum atomic E-state index is -0.509. The maximum Gasteiger partial charge on any atom is 0.509 e. The van der Waals surface area contributed by atoms with Crippen LogP contribution in [-0.4, -0.2) is 17.9 Å². The highest BCUT2D eigenvalue weighted by molar-refractivity contribution is 5.60. The average molecular weight is 228 g/mol. The molecule has 3 nitrogen and oxygen atoms in total. The molecule has 1 atom stereocenters. The van der Waals surface area contributed by atoms with E-state index in [1.807, 2.05) is 27.7 Å². The summed E-state index contributed by atoms with van der Waals surface area (Å²) in [7, 11) is 0. The number of ether oxygens (including phenoxy) is 2. The summed E-state index contributed by atoms with van der Waals surface area (Å²) in [5.41, 5.74) is -0.300. The maximum atomic E-state index is 11.6. The highest BCUT2D eigenvalue weighted by Gasteiger charge is 2.32. The summed E-state index contributed by atoms with van der Waals surface area (Å²) in [5.74, 6) is 0.326. The van der Waals surface area contributed by atoms with Gasteiger partial charge in [-0.2, -0.15) is 0 Å². The second kappa shape index (κ2) is 5.55. The van der Waals surface area contributed by atoms with Crippen molar-refractivity contribution in [3.63, 3.8) is 0 Å². The van der Waals surface area contributed by atoms with Crippen LogP contribution in [-0.2, 0) is 9.47 Å². The number of carbonyl (C=O) groups excluding carboxylic acids is 1. The van der Waals surface area contributed by atoms with Gasteiger partial charge in [0.15, 0.2) is 0 Å². The Hall–Kier alpha value is -0.730. The van der Waals surface area contributed by atoms with Crippen molar-refractivity contribution in [2.45, 2.75) is 71.5 Å². The van der Waals surface area contributed by atoms with Crippen LogP contribution in [0.15, 0.2) is 0 Å². The van der Waals surface area contributed by atoms with Crippen molar-refractivity contribution in [1.82, 2.24) is 0 Å². The molecule has 94 valence electrons. The molecule has 0 amide bonds.